The van der Waals surface area contributed by atoms with Gasteiger partial charge in [0.1, 0.15) is 11.4 Å². The molecular formula is C18H21N3O2S. The fourth-order valence-electron chi connectivity index (χ4n) is 2.66. The summed E-state index contributed by atoms with van der Waals surface area (Å²) in [6, 6.07) is 5.49. The van der Waals surface area contributed by atoms with Crippen molar-refractivity contribution in [1.82, 2.24) is 15.0 Å². The van der Waals surface area contributed by atoms with Gasteiger partial charge in [-0.15, -0.1) is 11.3 Å². The first-order valence-electron chi connectivity index (χ1n) is 8.25. The fourth-order valence-corrected chi connectivity index (χ4v) is 3.26. The topological polar surface area (TPSA) is 59.2 Å². The Bertz CT molecular complexity index is 853. The van der Waals surface area contributed by atoms with Crippen LogP contribution in [0.25, 0.3) is 22.4 Å². The normalized spacial score (nSPS) is 11.1. The van der Waals surface area contributed by atoms with E-state index in [2.05, 4.69) is 17.1 Å². The Kier molecular flexibility index (Phi) is 4.94. The van der Waals surface area contributed by atoms with Gasteiger partial charge in [0.25, 0.3) is 5.91 Å². The number of nitrogens with zero attached hydrogens (tertiary/aromatic N) is 3. The molecular weight excluding hydrogens is 322 g/mol. The predicted molar refractivity (Wildman–Crippen MR) is 96.3 cm³/mol. The summed E-state index contributed by atoms with van der Waals surface area (Å²) in [5.41, 5.74) is 2.82. The molecule has 5 nitrogen and oxygen atoms in total. The van der Waals surface area contributed by atoms with Crippen LogP contribution in [-0.2, 0) is 0 Å². The zero-order chi connectivity index (χ0) is 17.1. The molecule has 0 saturated carbocycles. The van der Waals surface area contributed by atoms with Gasteiger partial charge in [-0.1, -0.05) is 18.5 Å². The van der Waals surface area contributed by atoms with Gasteiger partial charge < -0.3 is 9.42 Å². The maximum Gasteiger partial charge on any atom is 0.253 e. The van der Waals surface area contributed by atoms with Crippen molar-refractivity contribution in [3.05, 3.63) is 34.2 Å². The number of aromatic nitrogens is 2. The molecule has 1 amide bonds. The van der Waals surface area contributed by atoms with Crippen LogP contribution in [0.5, 0.6) is 0 Å². The molecule has 0 radical (unpaired) electrons. The summed E-state index contributed by atoms with van der Waals surface area (Å²) < 4.78 is 5.39. The van der Waals surface area contributed by atoms with Gasteiger partial charge in [-0.2, -0.15) is 0 Å². The lowest BCUT2D eigenvalue weighted by atomic mass is 10.1. The predicted octanol–water partition coefficient (Wildman–Crippen LogP) is 4.52. The number of hydrogen-bond acceptors (Lipinski definition) is 5. The van der Waals surface area contributed by atoms with Crippen molar-refractivity contribution in [2.45, 2.75) is 33.6 Å². The number of thiazole rings is 1. The zero-order valence-electron chi connectivity index (χ0n) is 14.2. The molecule has 24 heavy (non-hydrogen) atoms. The lowest BCUT2D eigenvalue weighted by Crippen LogP contribution is -2.31. The maximum absolute atomic E-state index is 12.8. The van der Waals surface area contributed by atoms with E-state index in [1.165, 1.54) is 0 Å². The molecule has 0 aliphatic carbocycles. The highest BCUT2D eigenvalue weighted by Gasteiger charge is 2.18. The largest absolute Gasteiger partial charge is 0.356 e. The van der Waals surface area contributed by atoms with Gasteiger partial charge in [-0.25, -0.2) is 4.98 Å². The maximum atomic E-state index is 12.8. The molecule has 3 rings (SSSR count). The highest BCUT2D eigenvalue weighted by atomic mass is 32.1. The third-order valence-corrected chi connectivity index (χ3v) is 4.80. The number of carbonyl (C=O) groups is 1. The fraction of sp³-hybridized carbons (Fsp3) is 0.389. The second-order valence-electron chi connectivity index (χ2n) is 5.73. The third-order valence-electron chi connectivity index (χ3n) is 4.03. The number of rotatable bonds is 6. The average molecular weight is 343 g/mol. The molecule has 0 bridgehead atoms. The molecule has 0 saturated heterocycles. The quantitative estimate of drug-likeness (QED) is 0.660. The first-order valence-corrected chi connectivity index (χ1v) is 9.13. The Balaban J connectivity index is 1.96. The van der Waals surface area contributed by atoms with E-state index >= 15 is 0 Å². The number of hydrogen-bond donors (Lipinski definition) is 0. The van der Waals surface area contributed by atoms with Gasteiger partial charge in [-0.05, 0) is 38.5 Å². The van der Waals surface area contributed by atoms with Crippen LogP contribution in [0.2, 0.25) is 0 Å². The summed E-state index contributed by atoms with van der Waals surface area (Å²) in [7, 11) is 0. The van der Waals surface area contributed by atoms with Gasteiger partial charge in [0.2, 0.25) is 0 Å². The van der Waals surface area contributed by atoms with Gasteiger partial charge in [0.15, 0.2) is 5.58 Å². The van der Waals surface area contributed by atoms with Gasteiger partial charge >= 0.3 is 0 Å². The minimum absolute atomic E-state index is 0.0504. The van der Waals surface area contributed by atoms with Crippen molar-refractivity contribution in [1.29, 1.82) is 0 Å². The van der Waals surface area contributed by atoms with Crippen LogP contribution < -0.4 is 0 Å². The Labute approximate surface area is 145 Å². The molecule has 126 valence electrons. The zero-order valence-corrected chi connectivity index (χ0v) is 15.0. The van der Waals surface area contributed by atoms with E-state index < -0.39 is 0 Å². The van der Waals surface area contributed by atoms with E-state index in [4.69, 9.17) is 4.52 Å². The van der Waals surface area contributed by atoms with E-state index in [1.807, 2.05) is 36.3 Å². The Morgan fingerprint density at radius 3 is 2.83 bits per heavy atom. The van der Waals surface area contributed by atoms with Crippen LogP contribution in [0.3, 0.4) is 0 Å². The van der Waals surface area contributed by atoms with E-state index in [1.54, 1.807) is 17.4 Å². The smallest absolute Gasteiger partial charge is 0.253 e. The highest BCUT2D eigenvalue weighted by molar-refractivity contribution is 7.09. The molecule has 2 aromatic heterocycles. The van der Waals surface area contributed by atoms with Crippen molar-refractivity contribution >= 4 is 28.2 Å². The minimum atomic E-state index is 0.0504. The van der Waals surface area contributed by atoms with Gasteiger partial charge in [0.05, 0.1) is 10.4 Å². The van der Waals surface area contributed by atoms with Crippen molar-refractivity contribution in [2.24, 2.45) is 0 Å². The number of benzene rings is 1. The second-order valence-corrected chi connectivity index (χ2v) is 6.79. The third kappa shape index (κ3) is 3.19. The first kappa shape index (κ1) is 16.6. The Morgan fingerprint density at radius 2 is 2.17 bits per heavy atom. The van der Waals surface area contributed by atoms with E-state index in [0.717, 1.165) is 35.5 Å². The number of aryl methyl sites for hydroxylation is 1. The first-order chi connectivity index (χ1) is 11.6. The number of unbranched alkanes of at least 4 members (excludes halogenated alkanes) is 1. The molecule has 0 aliphatic rings. The molecule has 6 heteroatoms. The van der Waals surface area contributed by atoms with Crippen LogP contribution in [0.4, 0.5) is 0 Å². The van der Waals surface area contributed by atoms with Crippen molar-refractivity contribution in [3.63, 3.8) is 0 Å². The number of amides is 1. The molecule has 1 aromatic carbocycles. The van der Waals surface area contributed by atoms with Crippen LogP contribution in [0, 0.1) is 6.92 Å². The van der Waals surface area contributed by atoms with Crippen LogP contribution in [0.1, 0.15) is 42.1 Å². The molecule has 0 atom stereocenters. The number of carbonyl (C=O) groups excluding carboxylic acids is 1. The van der Waals surface area contributed by atoms with Gasteiger partial charge in [0, 0.05) is 24.0 Å². The monoisotopic (exact) mass is 343 g/mol. The molecule has 3 aromatic rings. The SMILES string of the molecule is CCCCN(CC)C(=O)c1ccc2onc(-c3csc(C)n3)c2c1. The molecule has 0 unspecified atom stereocenters. The standard InChI is InChI=1S/C18H21N3O2S/c1-4-6-9-21(5-2)18(22)13-7-8-16-14(10-13)17(20-23-16)15-11-24-12(3)19-15/h7-8,10-11H,4-6,9H2,1-3H3. The summed E-state index contributed by atoms with van der Waals surface area (Å²) in [6.45, 7) is 7.58. The molecule has 0 fully saturated rings. The Hall–Kier alpha value is -2.21. The lowest BCUT2D eigenvalue weighted by Gasteiger charge is -2.20. The van der Waals surface area contributed by atoms with Crippen LogP contribution in [-0.4, -0.2) is 34.0 Å². The molecule has 2 heterocycles. The van der Waals surface area contributed by atoms with Crippen LogP contribution in [0.15, 0.2) is 28.1 Å². The highest BCUT2D eigenvalue weighted by Crippen LogP contribution is 2.29. The van der Waals surface area contributed by atoms with Crippen molar-refractivity contribution < 1.29 is 9.32 Å². The number of fused-ring (bicyclic) bond motifs is 1. The van der Waals surface area contributed by atoms with Gasteiger partial charge in [-0.3, -0.25) is 4.79 Å². The van der Waals surface area contributed by atoms with Crippen LogP contribution >= 0.6 is 11.3 Å². The summed E-state index contributed by atoms with van der Waals surface area (Å²) in [6.07, 6.45) is 2.08. The summed E-state index contributed by atoms with van der Waals surface area (Å²) >= 11 is 1.57. The minimum Gasteiger partial charge on any atom is -0.356 e. The molecule has 0 aliphatic heterocycles. The molecule has 0 spiro atoms. The van der Waals surface area contributed by atoms with E-state index in [9.17, 15) is 4.79 Å². The van der Waals surface area contributed by atoms with E-state index in [-0.39, 0.29) is 5.91 Å². The molecule has 0 N–H and O–H groups in total. The average Bonchev–Trinajstić information content (AvgIpc) is 3.20. The lowest BCUT2D eigenvalue weighted by molar-refractivity contribution is 0.0762. The Morgan fingerprint density at radius 1 is 1.33 bits per heavy atom. The van der Waals surface area contributed by atoms with Crippen molar-refractivity contribution in [3.8, 4) is 11.4 Å². The summed E-state index contributed by atoms with van der Waals surface area (Å²) in [4.78, 5) is 19.1. The van der Waals surface area contributed by atoms with Crippen molar-refractivity contribution in [2.75, 3.05) is 13.1 Å². The van der Waals surface area contributed by atoms with E-state index in [0.29, 0.717) is 23.4 Å². The summed E-state index contributed by atoms with van der Waals surface area (Å²) in [5, 5.41) is 7.91. The second kappa shape index (κ2) is 7.13. The summed E-state index contributed by atoms with van der Waals surface area (Å²) in [5.74, 6) is 0.0504.